The second-order valence-electron chi connectivity index (χ2n) is 8.07. The summed E-state index contributed by atoms with van der Waals surface area (Å²) in [6.45, 7) is 0. The van der Waals surface area contributed by atoms with E-state index in [9.17, 15) is 4.79 Å². The van der Waals surface area contributed by atoms with Gasteiger partial charge in [0.25, 0.3) is 0 Å². The molecule has 0 aliphatic heterocycles. The molecule has 0 atom stereocenters. The van der Waals surface area contributed by atoms with Gasteiger partial charge in [0, 0.05) is 26.4 Å². The zero-order valence-corrected chi connectivity index (χ0v) is 20.4. The SMILES string of the molecule is Nc1c(C(=O)c2ccc(Cl)cc2)sc2nc(-c3cc4ccccc4o3)cc(-c3ccc(Cl)cc3)c12. The maximum Gasteiger partial charge on any atom is 0.205 e. The van der Waals surface area contributed by atoms with Crippen molar-refractivity contribution >= 4 is 67.2 Å². The number of furan rings is 1. The second kappa shape index (κ2) is 8.54. The number of halogens is 2. The number of rotatable bonds is 4. The van der Waals surface area contributed by atoms with Crippen LogP contribution < -0.4 is 5.73 Å². The van der Waals surface area contributed by atoms with Crippen molar-refractivity contribution in [2.45, 2.75) is 0 Å². The minimum Gasteiger partial charge on any atom is -0.454 e. The first-order valence-corrected chi connectivity index (χ1v) is 12.3. The van der Waals surface area contributed by atoms with E-state index in [2.05, 4.69) is 0 Å². The standard InChI is InChI=1S/C28H16Cl2N2O2S/c29-18-9-5-15(6-10-18)20-14-21(23-13-17-3-1-2-4-22(17)34-23)32-28-24(20)25(31)27(35-28)26(33)16-7-11-19(30)12-8-16/h1-14H,31H2. The number of ketones is 1. The number of thiophene rings is 1. The van der Waals surface area contributed by atoms with Crippen LogP contribution in [0.15, 0.2) is 89.3 Å². The van der Waals surface area contributed by atoms with Gasteiger partial charge >= 0.3 is 0 Å². The minimum absolute atomic E-state index is 0.172. The van der Waals surface area contributed by atoms with Crippen molar-refractivity contribution in [2.24, 2.45) is 0 Å². The highest BCUT2D eigenvalue weighted by molar-refractivity contribution is 7.21. The molecular formula is C28H16Cl2N2O2S. The van der Waals surface area contributed by atoms with Crippen molar-refractivity contribution in [1.29, 1.82) is 0 Å². The summed E-state index contributed by atoms with van der Waals surface area (Å²) in [6, 6.07) is 26.0. The lowest BCUT2D eigenvalue weighted by atomic mass is 10.00. The number of para-hydroxylation sites is 1. The molecule has 0 aliphatic carbocycles. The van der Waals surface area contributed by atoms with Gasteiger partial charge in [0.2, 0.25) is 5.78 Å². The fourth-order valence-corrected chi connectivity index (χ4v) is 5.45. The largest absolute Gasteiger partial charge is 0.454 e. The average Bonchev–Trinajstić information content (AvgIpc) is 3.45. The second-order valence-corrected chi connectivity index (χ2v) is 9.94. The Morgan fingerprint density at radius 2 is 1.57 bits per heavy atom. The Kier molecular flexibility index (Phi) is 5.33. The third kappa shape index (κ3) is 3.88. The van der Waals surface area contributed by atoms with E-state index in [4.69, 9.17) is 38.3 Å². The third-order valence-electron chi connectivity index (χ3n) is 5.84. The van der Waals surface area contributed by atoms with Crippen LogP contribution in [0.4, 0.5) is 5.69 Å². The van der Waals surface area contributed by atoms with Crippen molar-refractivity contribution in [3.05, 3.63) is 105 Å². The summed E-state index contributed by atoms with van der Waals surface area (Å²) >= 11 is 13.4. The van der Waals surface area contributed by atoms with Gasteiger partial charge in [-0.3, -0.25) is 4.79 Å². The van der Waals surface area contributed by atoms with Crippen molar-refractivity contribution in [3.63, 3.8) is 0 Å². The highest BCUT2D eigenvalue weighted by Crippen LogP contribution is 2.42. The number of hydrogen-bond donors (Lipinski definition) is 1. The van der Waals surface area contributed by atoms with Crippen LogP contribution in [0.1, 0.15) is 15.2 Å². The highest BCUT2D eigenvalue weighted by atomic mass is 35.5. The molecule has 3 aromatic carbocycles. The first-order valence-electron chi connectivity index (χ1n) is 10.8. The summed E-state index contributed by atoms with van der Waals surface area (Å²) < 4.78 is 6.09. The molecule has 0 aliphatic rings. The molecule has 0 radical (unpaired) electrons. The van der Waals surface area contributed by atoms with Crippen LogP contribution in [0.5, 0.6) is 0 Å². The van der Waals surface area contributed by atoms with Crippen LogP contribution >= 0.6 is 34.5 Å². The lowest BCUT2D eigenvalue weighted by Crippen LogP contribution is -2.02. The van der Waals surface area contributed by atoms with Gasteiger partial charge < -0.3 is 10.2 Å². The number of carbonyl (C=O) groups excluding carboxylic acids is 1. The zero-order valence-electron chi connectivity index (χ0n) is 18.1. The Hall–Kier alpha value is -3.64. The number of benzene rings is 3. The number of pyridine rings is 1. The average molecular weight is 515 g/mol. The van der Waals surface area contributed by atoms with Gasteiger partial charge in [-0.15, -0.1) is 11.3 Å². The third-order valence-corrected chi connectivity index (χ3v) is 7.45. The molecule has 4 nitrogen and oxygen atoms in total. The van der Waals surface area contributed by atoms with E-state index in [0.717, 1.165) is 27.5 Å². The van der Waals surface area contributed by atoms with Crippen LogP contribution in [0.2, 0.25) is 10.0 Å². The molecule has 0 unspecified atom stereocenters. The molecule has 0 bridgehead atoms. The number of nitrogens with zero attached hydrogens (tertiary/aromatic N) is 1. The predicted octanol–water partition coefficient (Wildman–Crippen LogP) is 8.50. The molecule has 6 rings (SSSR count). The number of anilines is 1. The Balaban J connectivity index is 1.58. The van der Waals surface area contributed by atoms with E-state index in [1.54, 1.807) is 24.3 Å². The van der Waals surface area contributed by atoms with E-state index in [-0.39, 0.29) is 5.78 Å². The number of hydrogen-bond acceptors (Lipinski definition) is 5. The molecule has 0 saturated carbocycles. The van der Waals surface area contributed by atoms with Crippen LogP contribution in [-0.4, -0.2) is 10.8 Å². The van der Waals surface area contributed by atoms with Crippen LogP contribution in [-0.2, 0) is 0 Å². The number of nitrogens with two attached hydrogens (primary N) is 1. The summed E-state index contributed by atoms with van der Waals surface area (Å²) in [4.78, 5) is 19.3. The van der Waals surface area contributed by atoms with Gasteiger partial charge in [-0.1, -0.05) is 53.5 Å². The summed E-state index contributed by atoms with van der Waals surface area (Å²) in [7, 11) is 0. The molecule has 7 heteroatoms. The first kappa shape index (κ1) is 21.9. The molecule has 2 N–H and O–H groups in total. The predicted molar refractivity (Wildman–Crippen MR) is 145 cm³/mol. The zero-order chi connectivity index (χ0) is 24.1. The van der Waals surface area contributed by atoms with E-state index < -0.39 is 0 Å². The topological polar surface area (TPSA) is 69.1 Å². The lowest BCUT2D eigenvalue weighted by molar-refractivity contribution is 0.104. The van der Waals surface area contributed by atoms with E-state index in [1.165, 1.54) is 11.3 Å². The molecule has 0 fully saturated rings. The first-order chi connectivity index (χ1) is 17.0. The summed E-state index contributed by atoms with van der Waals surface area (Å²) in [5.41, 5.74) is 10.7. The quantitative estimate of drug-likeness (QED) is 0.239. The maximum atomic E-state index is 13.3. The van der Waals surface area contributed by atoms with Gasteiger partial charge in [0.1, 0.15) is 21.0 Å². The molecule has 3 aromatic heterocycles. The summed E-state index contributed by atoms with van der Waals surface area (Å²) in [5.74, 6) is 0.468. The molecule has 0 amide bonds. The Morgan fingerprint density at radius 1 is 0.886 bits per heavy atom. The fourth-order valence-electron chi connectivity index (χ4n) is 4.11. The maximum absolute atomic E-state index is 13.3. The van der Waals surface area contributed by atoms with Crippen molar-refractivity contribution < 1.29 is 9.21 Å². The van der Waals surface area contributed by atoms with Crippen molar-refractivity contribution in [1.82, 2.24) is 4.98 Å². The van der Waals surface area contributed by atoms with E-state index in [0.29, 0.717) is 42.5 Å². The van der Waals surface area contributed by atoms with E-state index in [1.807, 2.05) is 60.7 Å². The van der Waals surface area contributed by atoms with Crippen LogP contribution in [0, 0.1) is 0 Å². The molecule has 35 heavy (non-hydrogen) atoms. The number of fused-ring (bicyclic) bond motifs is 2. The molecule has 3 heterocycles. The molecule has 6 aromatic rings. The van der Waals surface area contributed by atoms with Gasteiger partial charge in [0.15, 0.2) is 5.76 Å². The number of aromatic nitrogens is 1. The minimum atomic E-state index is -0.172. The molecular weight excluding hydrogens is 499 g/mol. The Morgan fingerprint density at radius 3 is 2.29 bits per heavy atom. The van der Waals surface area contributed by atoms with Crippen molar-refractivity contribution in [2.75, 3.05) is 5.73 Å². The number of nitrogen functional groups attached to an aromatic ring is 1. The molecule has 0 saturated heterocycles. The Bertz CT molecular complexity index is 1700. The van der Waals surface area contributed by atoms with E-state index >= 15 is 0 Å². The Labute approximate surface area is 214 Å². The van der Waals surface area contributed by atoms with Gasteiger partial charge in [-0.05, 0) is 65.7 Å². The monoisotopic (exact) mass is 514 g/mol. The normalized spacial score (nSPS) is 11.4. The van der Waals surface area contributed by atoms with Gasteiger partial charge in [-0.2, -0.15) is 0 Å². The lowest BCUT2D eigenvalue weighted by Gasteiger charge is -2.08. The smallest absolute Gasteiger partial charge is 0.205 e. The van der Waals surface area contributed by atoms with Crippen molar-refractivity contribution in [3.8, 4) is 22.6 Å². The number of carbonyl (C=O) groups is 1. The fraction of sp³-hybridized carbons (Fsp3) is 0. The molecule has 0 spiro atoms. The summed E-state index contributed by atoms with van der Waals surface area (Å²) in [5, 5.41) is 2.91. The van der Waals surface area contributed by atoms with Crippen LogP contribution in [0.25, 0.3) is 43.8 Å². The van der Waals surface area contributed by atoms with Gasteiger partial charge in [0.05, 0.1) is 5.69 Å². The summed E-state index contributed by atoms with van der Waals surface area (Å²) in [6.07, 6.45) is 0. The highest BCUT2D eigenvalue weighted by Gasteiger charge is 2.23. The van der Waals surface area contributed by atoms with Gasteiger partial charge in [-0.25, -0.2) is 4.98 Å². The molecule has 170 valence electrons. The van der Waals surface area contributed by atoms with Crippen LogP contribution in [0.3, 0.4) is 0 Å².